The van der Waals surface area contributed by atoms with Crippen LogP contribution < -0.4 is 15.4 Å². The minimum Gasteiger partial charge on any atom is -0.494 e. The van der Waals surface area contributed by atoms with Crippen LogP contribution in [0, 0.1) is 0 Å². The van der Waals surface area contributed by atoms with Gasteiger partial charge in [0, 0.05) is 25.6 Å². The van der Waals surface area contributed by atoms with E-state index in [1.165, 1.54) is 0 Å². The Kier molecular flexibility index (Phi) is 6.50. The summed E-state index contributed by atoms with van der Waals surface area (Å²) < 4.78 is 10.9. The molecule has 1 aromatic rings. The zero-order valence-electron chi connectivity index (χ0n) is 12.6. The molecule has 0 radical (unpaired) electrons. The highest BCUT2D eigenvalue weighted by atomic mass is 16.5. The Bertz CT molecular complexity index is 428. The van der Waals surface area contributed by atoms with Gasteiger partial charge in [0.05, 0.1) is 19.8 Å². The van der Waals surface area contributed by atoms with Crippen molar-refractivity contribution in [2.75, 3.05) is 26.4 Å². The zero-order chi connectivity index (χ0) is 14.9. The van der Waals surface area contributed by atoms with Gasteiger partial charge in [-0.25, -0.2) is 0 Å². The molecule has 1 atom stereocenters. The van der Waals surface area contributed by atoms with Crippen molar-refractivity contribution in [2.45, 2.75) is 32.4 Å². The van der Waals surface area contributed by atoms with Crippen LogP contribution >= 0.6 is 0 Å². The maximum Gasteiger partial charge on any atom is 0.221 e. The summed E-state index contributed by atoms with van der Waals surface area (Å²) in [6, 6.07) is 7.96. The molecule has 5 nitrogen and oxygen atoms in total. The van der Waals surface area contributed by atoms with Crippen LogP contribution in [0.2, 0.25) is 0 Å². The molecule has 2 N–H and O–H groups in total. The van der Waals surface area contributed by atoms with Crippen molar-refractivity contribution in [3.05, 3.63) is 29.8 Å². The fourth-order valence-corrected chi connectivity index (χ4v) is 2.17. The molecule has 1 aromatic carbocycles. The lowest BCUT2D eigenvalue weighted by Gasteiger charge is -2.23. The highest BCUT2D eigenvalue weighted by molar-refractivity contribution is 5.76. The van der Waals surface area contributed by atoms with Gasteiger partial charge >= 0.3 is 0 Å². The number of morpholine rings is 1. The smallest absolute Gasteiger partial charge is 0.221 e. The molecular weight excluding hydrogens is 268 g/mol. The minimum atomic E-state index is 0.0457. The minimum absolute atomic E-state index is 0.0457. The third-order valence-electron chi connectivity index (χ3n) is 3.32. The number of carbonyl (C=O) groups is 1. The molecule has 0 spiro atoms. The molecule has 1 saturated heterocycles. The molecule has 0 aliphatic carbocycles. The average Bonchev–Trinajstić information content (AvgIpc) is 2.53. The first-order chi connectivity index (χ1) is 10.3. The molecule has 1 amide bonds. The Balaban J connectivity index is 1.70. The molecule has 0 saturated carbocycles. The average molecular weight is 292 g/mol. The number of nitrogens with one attached hydrogen (secondary N) is 2. The summed E-state index contributed by atoms with van der Waals surface area (Å²) in [5, 5.41) is 6.21. The van der Waals surface area contributed by atoms with Crippen molar-refractivity contribution in [2.24, 2.45) is 0 Å². The first kappa shape index (κ1) is 15.8. The second-order valence-electron chi connectivity index (χ2n) is 5.20. The Labute approximate surface area is 126 Å². The van der Waals surface area contributed by atoms with Crippen LogP contribution in [0.1, 0.15) is 25.3 Å². The van der Waals surface area contributed by atoms with E-state index in [0.717, 1.165) is 37.5 Å². The van der Waals surface area contributed by atoms with Crippen LogP contribution in [0.25, 0.3) is 0 Å². The molecule has 5 heteroatoms. The van der Waals surface area contributed by atoms with Gasteiger partial charge in [-0.3, -0.25) is 4.79 Å². The van der Waals surface area contributed by atoms with Gasteiger partial charge in [-0.2, -0.15) is 0 Å². The van der Waals surface area contributed by atoms with Crippen LogP contribution in [0.4, 0.5) is 0 Å². The van der Waals surface area contributed by atoms with Gasteiger partial charge < -0.3 is 20.1 Å². The monoisotopic (exact) mass is 292 g/mol. The van der Waals surface area contributed by atoms with Crippen molar-refractivity contribution in [3.8, 4) is 5.75 Å². The maximum absolute atomic E-state index is 11.9. The van der Waals surface area contributed by atoms with Gasteiger partial charge in [-0.1, -0.05) is 19.1 Å². The SMILES string of the molecule is CCCOc1ccc(CNC(=O)CC2COCCN2)cc1. The van der Waals surface area contributed by atoms with Crippen LogP contribution in [-0.2, 0) is 16.1 Å². The summed E-state index contributed by atoms with van der Waals surface area (Å²) in [5.41, 5.74) is 1.07. The van der Waals surface area contributed by atoms with Crippen molar-refractivity contribution < 1.29 is 14.3 Å². The van der Waals surface area contributed by atoms with Crippen molar-refractivity contribution in [3.63, 3.8) is 0 Å². The molecule has 2 rings (SSSR count). The third-order valence-corrected chi connectivity index (χ3v) is 3.32. The molecule has 0 aromatic heterocycles. The van der Waals surface area contributed by atoms with E-state index >= 15 is 0 Å². The van der Waals surface area contributed by atoms with E-state index < -0.39 is 0 Å². The molecule has 1 aliphatic heterocycles. The Morgan fingerprint density at radius 1 is 1.43 bits per heavy atom. The molecule has 1 fully saturated rings. The molecular formula is C16H24N2O3. The molecule has 1 unspecified atom stereocenters. The lowest BCUT2D eigenvalue weighted by Crippen LogP contribution is -2.44. The van der Waals surface area contributed by atoms with E-state index in [1.807, 2.05) is 24.3 Å². The highest BCUT2D eigenvalue weighted by Gasteiger charge is 2.16. The second-order valence-corrected chi connectivity index (χ2v) is 5.20. The van der Waals surface area contributed by atoms with Crippen LogP contribution in [0.5, 0.6) is 5.75 Å². The van der Waals surface area contributed by atoms with Gasteiger partial charge in [0.1, 0.15) is 5.75 Å². The summed E-state index contributed by atoms with van der Waals surface area (Å²) in [6.07, 6.45) is 1.45. The van der Waals surface area contributed by atoms with E-state index in [0.29, 0.717) is 19.6 Å². The van der Waals surface area contributed by atoms with Crippen LogP contribution in [-0.4, -0.2) is 38.3 Å². The highest BCUT2D eigenvalue weighted by Crippen LogP contribution is 2.12. The summed E-state index contributed by atoms with van der Waals surface area (Å²) in [6.45, 7) is 5.50. The van der Waals surface area contributed by atoms with E-state index in [2.05, 4.69) is 17.6 Å². The van der Waals surface area contributed by atoms with Crippen molar-refractivity contribution in [1.82, 2.24) is 10.6 Å². The van der Waals surface area contributed by atoms with Gasteiger partial charge in [0.2, 0.25) is 5.91 Å². The molecule has 21 heavy (non-hydrogen) atoms. The number of hydrogen-bond donors (Lipinski definition) is 2. The quantitative estimate of drug-likeness (QED) is 0.799. The Morgan fingerprint density at radius 2 is 2.24 bits per heavy atom. The molecule has 1 heterocycles. The van der Waals surface area contributed by atoms with E-state index in [1.54, 1.807) is 0 Å². The van der Waals surface area contributed by atoms with Gasteiger partial charge in [0.25, 0.3) is 0 Å². The first-order valence-electron chi connectivity index (χ1n) is 7.57. The summed E-state index contributed by atoms with van der Waals surface area (Å²) in [4.78, 5) is 11.9. The number of carbonyl (C=O) groups excluding carboxylic acids is 1. The molecule has 116 valence electrons. The van der Waals surface area contributed by atoms with Gasteiger partial charge in [0.15, 0.2) is 0 Å². The van der Waals surface area contributed by atoms with Crippen molar-refractivity contribution in [1.29, 1.82) is 0 Å². The standard InChI is InChI=1S/C16H24N2O3/c1-2-8-21-15-5-3-13(4-6-15)11-18-16(19)10-14-12-20-9-7-17-14/h3-6,14,17H,2,7-12H2,1H3,(H,18,19). The fourth-order valence-electron chi connectivity index (χ4n) is 2.17. The summed E-state index contributed by atoms with van der Waals surface area (Å²) >= 11 is 0. The van der Waals surface area contributed by atoms with E-state index in [9.17, 15) is 4.79 Å². The normalized spacial score (nSPS) is 18.2. The molecule has 0 bridgehead atoms. The maximum atomic E-state index is 11.9. The van der Waals surface area contributed by atoms with Crippen LogP contribution in [0.15, 0.2) is 24.3 Å². The Hall–Kier alpha value is -1.59. The zero-order valence-corrected chi connectivity index (χ0v) is 12.6. The number of ether oxygens (including phenoxy) is 2. The van der Waals surface area contributed by atoms with Crippen molar-refractivity contribution >= 4 is 5.91 Å². The number of amides is 1. The van der Waals surface area contributed by atoms with E-state index in [4.69, 9.17) is 9.47 Å². The fraction of sp³-hybridized carbons (Fsp3) is 0.562. The topological polar surface area (TPSA) is 59.6 Å². The predicted molar refractivity (Wildman–Crippen MR) is 81.3 cm³/mol. The number of hydrogen-bond acceptors (Lipinski definition) is 4. The summed E-state index contributed by atoms with van der Waals surface area (Å²) in [7, 11) is 0. The van der Waals surface area contributed by atoms with Crippen LogP contribution in [0.3, 0.4) is 0 Å². The lowest BCUT2D eigenvalue weighted by atomic mass is 10.1. The predicted octanol–water partition coefficient (Wildman–Crippen LogP) is 1.47. The number of benzene rings is 1. The Morgan fingerprint density at radius 3 is 2.90 bits per heavy atom. The lowest BCUT2D eigenvalue weighted by molar-refractivity contribution is -0.122. The third kappa shape index (κ3) is 5.73. The second kappa shape index (κ2) is 8.64. The first-order valence-corrected chi connectivity index (χ1v) is 7.57. The summed E-state index contributed by atoms with van der Waals surface area (Å²) in [5.74, 6) is 0.916. The van der Waals surface area contributed by atoms with E-state index in [-0.39, 0.29) is 11.9 Å². The molecule has 1 aliphatic rings. The van der Waals surface area contributed by atoms with Gasteiger partial charge in [-0.15, -0.1) is 0 Å². The van der Waals surface area contributed by atoms with Gasteiger partial charge in [-0.05, 0) is 24.1 Å². The number of rotatable bonds is 7. The largest absolute Gasteiger partial charge is 0.494 e.